The Hall–Kier alpha value is -3.39. The summed E-state index contributed by atoms with van der Waals surface area (Å²) in [6.45, 7) is 2.04. The minimum Gasteiger partial charge on any atom is -0.493 e. The minimum atomic E-state index is -0.873. The maximum atomic E-state index is 12.3. The Morgan fingerprint density at radius 3 is 2.53 bits per heavy atom. The molecule has 0 bridgehead atoms. The van der Waals surface area contributed by atoms with E-state index in [1.54, 1.807) is 26.5 Å². The van der Waals surface area contributed by atoms with Gasteiger partial charge in [-0.3, -0.25) is 9.59 Å². The average Bonchev–Trinajstić information content (AvgIpc) is 3.27. The summed E-state index contributed by atoms with van der Waals surface area (Å²) in [6.07, 6.45) is -0.168. The zero-order valence-corrected chi connectivity index (χ0v) is 19.1. The van der Waals surface area contributed by atoms with Crippen LogP contribution in [0.3, 0.4) is 0 Å². The fourth-order valence-electron chi connectivity index (χ4n) is 3.05. The smallest absolute Gasteiger partial charge is 0.312 e. The Kier molecular flexibility index (Phi) is 8.21. The number of benzene rings is 2. The molecule has 1 aromatic heterocycles. The van der Waals surface area contributed by atoms with E-state index in [0.29, 0.717) is 30.2 Å². The van der Waals surface area contributed by atoms with Gasteiger partial charge < -0.3 is 19.5 Å². The van der Waals surface area contributed by atoms with Gasteiger partial charge in [-0.05, 0) is 37.1 Å². The lowest BCUT2D eigenvalue weighted by Gasteiger charge is -2.13. The summed E-state index contributed by atoms with van der Waals surface area (Å²) in [6, 6.07) is 15.4. The van der Waals surface area contributed by atoms with Crippen molar-refractivity contribution >= 4 is 23.2 Å². The van der Waals surface area contributed by atoms with Crippen LogP contribution in [0, 0.1) is 0 Å². The van der Waals surface area contributed by atoms with Gasteiger partial charge in [0.1, 0.15) is 5.01 Å². The number of carbonyl (C=O) groups excluding carboxylic acids is 2. The number of esters is 1. The molecule has 0 saturated carbocycles. The van der Waals surface area contributed by atoms with Crippen LogP contribution in [0.2, 0.25) is 0 Å². The third-order valence-electron chi connectivity index (χ3n) is 4.74. The number of nitrogens with zero attached hydrogens (tertiary/aromatic N) is 1. The number of carbonyl (C=O) groups is 2. The molecule has 0 saturated heterocycles. The first-order valence-electron chi connectivity index (χ1n) is 10.2. The first-order chi connectivity index (χ1) is 15.5. The highest BCUT2D eigenvalue weighted by Gasteiger charge is 2.19. The molecular weight excluding hydrogens is 428 g/mol. The summed E-state index contributed by atoms with van der Waals surface area (Å²) in [4.78, 5) is 29.0. The normalized spacial score (nSPS) is 11.5. The second-order valence-electron chi connectivity index (χ2n) is 7.05. The van der Waals surface area contributed by atoms with E-state index in [-0.39, 0.29) is 12.3 Å². The zero-order chi connectivity index (χ0) is 22.9. The van der Waals surface area contributed by atoms with Crippen molar-refractivity contribution in [1.29, 1.82) is 0 Å². The van der Waals surface area contributed by atoms with Gasteiger partial charge in [-0.1, -0.05) is 30.3 Å². The molecule has 168 valence electrons. The number of amides is 1. The number of nitrogens with one attached hydrogen (secondary N) is 1. The number of thiazole rings is 1. The van der Waals surface area contributed by atoms with Gasteiger partial charge in [0, 0.05) is 17.5 Å². The Balaban J connectivity index is 1.49. The van der Waals surface area contributed by atoms with E-state index in [1.165, 1.54) is 11.3 Å². The van der Waals surface area contributed by atoms with Crippen LogP contribution in [0.5, 0.6) is 11.5 Å². The minimum absolute atomic E-state index is 0.00851. The third-order valence-corrected chi connectivity index (χ3v) is 5.68. The second-order valence-corrected chi connectivity index (χ2v) is 7.91. The highest BCUT2D eigenvalue weighted by molar-refractivity contribution is 7.13. The Morgan fingerprint density at radius 2 is 1.81 bits per heavy atom. The molecule has 1 N–H and O–H groups in total. The number of rotatable bonds is 10. The molecule has 8 heteroatoms. The van der Waals surface area contributed by atoms with Crippen molar-refractivity contribution < 1.29 is 23.8 Å². The average molecular weight is 455 g/mol. The summed E-state index contributed by atoms with van der Waals surface area (Å²) in [5.41, 5.74) is 2.58. The standard InChI is InChI=1S/C24H26N2O5S/c1-16(23(28)25-12-11-17-7-5-4-6-8-17)31-22(27)14-19-15-32-24(26-19)18-9-10-20(29-2)21(13-18)30-3/h4-10,13,15-16H,11-12,14H2,1-3H3,(H,25,28). The van der Waals surface area contributed by atoms with Crippen molar-refractivity contribution in [3.8, 4) is 22.1 Å². The Morgan fingerprint density at radius 1 is 1.06 bits per heavy atom. The van der Waals surface area contributed by atoms with Gasteiger partial charge in [0.25, 0.3) is 5.91 Å². The molecule has 7 nitrogen and oxygen atoms in total. The molecule has 1 unspecified atom stereocenters. The fourth-order valence-corrected chi connectivity index (χ4v) is 3.87. The maximum Gasteiger partial charge on any atom is 0.312 e. The summed E-state index contributed by atoms with van der Waals surface area (Å²) in [5.74, 6) is 0.416. The summed E-state index contributed by atoms with van der Waals surface area (Å²) < 4.78 is 15.9. The highest BCUT2D eigenvalue weighted by atomic mass is 32.1. The number of ether oxygens (including phenoxy) is 3. The van der Waals surface area contributed by atoms with Gasteiger partial charge in [-0.15, -0.1) is 11.3 Å². The van der Waals surface area contributed by atoms with E-state index < -0.39 is 12.1 Å². The molecule has 0 radical (unpaired) electrons. The molecule has 1 amide bonds. The Labute approximate surface area is 191 Å². The lowest BCUT2D eigenvalue weighted by molar-refractivity contribution is -0.154. The predicted molar refractivity (Wildman–Crippen MR) is 123 cm³/mol. The topological polar surface area (TPSA) is 86.8 Å². The predicted octanol–water partition coefficient (Wildman–Crippen LogP) is 3.66. The summed E-state index contributed by atoms with van der Waals surface area (Å²) >= 11 is 1.42. The van der Waals surface area contributed by atoms with Crippen molar-refractivity contribution in [2.75, 3.05) is 20.8 Å². The van der Waals surface area contributed by atoms with Gasteiger partial charge in [-0.2, -0.15) is 0 Å². The lowest BCUT2D eigenvalue weighted by atomic mass is 10.1. The summed E-state index contributed by atoms with van der Waals surface area (Å²) in [7, 11) is 3.15. The van der Waals surface area contributed by atoms with Gasteiger partial charge in [0.2, 0.25) is 0 Å². The van der Waals surface area contributed by atoms with Gasteiger partial charge in [0.15, 0.2) is 17.6 Å². The third kappa shape index (κ3) is 6.31. The molecule has 0 aliphatic rings. The number of hydrogen-bond acceptors (Lipinski definition) is 7. The van der Waals surface area contributed by atoms with Crippen LogP contribution in [0.25, 0.3) is 10.6 Å². The fraction of sp³-hybridized carbons (Fsp3) is 0.292. The van der Waals surface area contributed by atoms with E-state index in [2.05, 4.69) is 10.3 Å². The van der Waals surface area contributed by atoms with Gasteiger partial charge >= 0.3 is 5.97 Å². The number of aromatic nitrogens is 1. The van der Waals surface area contributed by atoms with E-state index in [1.807, 2.05) is 48.5 Å². The zero-order valence-electron chi connectivity index (χ0n) is 18.3. The lowest BCUT2D eigenvalue weighted by Crippen LogP contribution is -2.37. The molecule has 0 spiro atoms. The number of hydrogen-bond donors (Lipinski definition) is 1. The molecule has 0 aliphatic heterocycles. The van der Waals surface area contributed by atoms with E-state index in [4.69, 9.17) is 14.2 Å². The SMILES string of the molecule is COc1ccc(-c2nc(CC(=O)OC(C)C(=O)NCCc3ccccc3)cs2)cc1OC. The van der Waals surface area contributed by atoms with Crippen molar-refractivity contribution in [2.24, 2.45) is 0 Å². The number of methoxy groups -OCH3 is 2. The second kappa shape index (κ2) is 11.3. The maximum absolute atomic E-state index is 12.3. The molecule has 0 fully saturated rings. The Bertz CT molecular complexity index is 1050. The summed E-state index contributed by atoms with van der Waals surface area (Å²) in [5, 5.41) is 5.35. The van der Waals surface area contributed by atoms with Gasteiger partial charge in [-0.25, -0.2) is 4.98 Å². The van der Waals surface area contributed by atoms with Crippen LogP contribution in [0.1, 0.15) is 18.2 Å². The van der Waals surface area contributed by atoms with Gasteiger partial charge in [0.05, 0.1) is 26.3 Å². The van der Waals surface area contributed by atoms with Crippen LogP contribution in [0.4, 0.5) is 0 Å². The molecule has 0 aliphatic carbocycles. The van der Waals surface area contributed by atoms with Crippen LogP contribution in [-0.2, 0) is 27.2 Å². The molecule has 2 aromatic carbocycles. The van der Waals surface area contributed by atoms with Crippen LogP contribution >= 0.6 is 11.3 Å². The van der Waals surface area contributed by atoms with Crippen LogP contribution < -0.4 is 14.8 Å². The van der Waals surface area contributed by atoms with Crippen LogP contribution in [-0.4, -0.2) is 43.7 Å². The first-order valence-corrected chi connectivity index (χ1v) is 11.1. The van der Waals surface area contributed by atoms with Crippen molar-refractivity contribution in [3.63, 3.8) is 0 Å². The first kappa shape index (κ1) is 23.3. The molecule has 3 rings (SSSR count). The molecule has 3 aromatic rings. The highest BCUT2D eigenvalue weighted by Crippen LogP contribution is 2.33. The molecule has 32 heavy (non-hydrogen) atoms. The quantitative estimate of drug-likeness (QED) is 0.471. The molecule has 1 heterocycles. The molecule has 1 atom stereocenters. The van der Waals surface area contributed by atoms with Crippen molar-refractivity contribution in [1.82, 2.24) is 10.3 Å². The monoisotopic (exact) mass is 454 g/mol. The van der Waals surface area contributed by atoms with E-state index in [9.17, 15) is 9.59 Å². The van der Waals surface area contributed by atoms with Crippen molar-refractivity contribution in [2.45, 2.75) is 25.9 Å². The molecular formula is C24H26N2O5S. The van der Waals surface area contributed by atoms with Crippen molar-refractivity contribution in [3.05, 3.63) is 65.2 Å². The largest absolute Gasteiger partial charge is 0.493 e. The van der Waals surface area contributed by atoms with Crippen LogP contribution in [0.15, 0.2) is 53.9 Å². The van der Waals surface area contributed by atoms with E-state index in [0.717, 1.165) is 16.1 Å². The van der Waals surface area contributed by atoms with E-state index >= 15 is 0 Å².